The number of sulfonamides is 1. The first-order valence-electron chi connectivity index (χ1n) is 6.69. The van der Waals surface area contributed by atoms with Crippen molar-refractivity contribution < 1.29 is 8.42 Å². The van der Waals surface area contributed by atoms with Crippen molar-refractivity contribution in [2.45, 2.75) is 32.2 Å². The number of benzene rings is 1. The Kier molecular flexibility index (Phi) is 4.11. The largest absolute Gasteiger partial charge is 0.381 e. The maximum atomic E-state index is 11.5. The van der Waals surface area contributed by atoms with Crippen LogP contribution in [0, 0.1) is 20.8 Å². The van der Waals surface area contributed by atoms with Gasteiger partial charge in [-0.15, -0.1) is 0 Å². The lowest BCUT2D eigenvalue weighted by Gasteiger charge is -2.10. The topological polar surface area (TPSA) is 77.1 Å². The Bertz CT molecular complexity index is 776. The summed E-state index contributed by atoms with van der Waals surface area (Å²) >= 11 is 0. The Labute approximate surface area is 125 Å². The number of hydrogen-bond donors (Lipinski definition) is 2. The molecule has 21 heavy (non-hydrogen) atoms. The fourth-order valence-electron chi connectivity index (χ4n) is 2.33. The van der Waals surface area contributed by atoms with Crippen molar-refractivity contribution in [1.29, 1.82) is 0 Å². The van der Waals surface area contributed by atoms with E-state index in [0.717, 1.165) is 5.69 Å². The van der Waals surface area contributed by atoms with Gasteiger partial charge in [0.1, 0.15) is 0 Å². The van der Waals surface area contributed by atoms with Gasteiger partial charge in [0.15, 0.2) is 0 Å². The van der Waals surface area contributed by atoms with Crippen molar-refractivity contribution in [2.75, 3.05) is 5.32 Å². The second kappa shape index (κ2) is 5.54. The summed E-state index contributed by atoms with van der Waals surface area (Å²) in [5.74, 6) is 0. The van der Waals surface area contributed by atoms with Crippen LogP contribution in [0.1, 0.15) is 22.5 Å². The molecule has 0 unspecified atom stereocenters. The smallest absolute Gasteiger partial charge is 0.238 e. The molecule has 0 amide bonds. The Morgan fingerprint density at radius 3 is 2.38 bits per heavy atom. The van der Waals surface area contributed by atoms with Crippen LogP contribution in [-0.2, 0) is 23.6 Å². The van der Waals surface area contributed by atoms with E-state index in [9.17, 15) is 8.42 Å². The third-order valence-electron chi connectivity index (χ3n) is 3.86. The van der Waals surface area contributed by atoms with Gasteiger partial charge in [-0.1, -0.05) is 6.07 Å². The number of aromatic nitrogens is 1. The Morgan fingerprint density at radius 1 is 1.19 bits per heavy atom. The van der Waals surface area contributed by atoms with E-state index in [4.69, 9.17) is 5.14 Å². The summed E-state index contributed by atoms with van der Waals surface area (Å²) in [4.78, 5) is 0.161. The van der Waals surface area contributed by atoms with E-state index in [2.05, 4.69) is 29.8 Å². The van der Waals surface area contributed by atoms with E-state index in [-0.39, 0.29) is 4.90 Å². The molecule has 1 aromatic carbocycles. The van der Waals surface area contributed by atoms with E-state index in [0.29, 0.717) is 12.1 Å². The minimum atomic E-state index is -3.69. The summed E-state index contributed by atoms with van der Waals surface area (Å²) in [5, 5.41) is 8.47. The molecule has 2 rings (SSSR count). The first-order chi connectivity index (χ1) is 9.70. The molecule has 0 saturated carbocycles. The average molecular weight is 307 g/mol. The molecule has 0 spiro atoms. The van der Waals surface area contributed by atoms with Gasteiger partial charge in [0.25, 0.3) is 0 Å². The summed E-state index contributed by atoms with van der Waals surface area (Å²) in [6, 6.07) is 7.31. The van der Waals surface area contributed by atoms with Crippen LogP contribution in [0.2, 0.25) is 0 Å². The first kappa shape index (κ1) is 15.6. The lowest BCUT2D eigenvalue weighted by Crippen LogP contribution is -2.14. The maximum Gasteiger partial charge on any atom is 0.238 e. The minimum absolute atomic E-state index is 0.161. The van der Waals surface area contributed by atoms with Crippen molar-refractivity contribution >= 4 is 15.7 Å². The van der Waals surface area contributed by atoms with Crippen LogP contribution in [-0.4, -0.2) is 13.0 Å². The minimum Gasteiger partial charge on any atom is -0.381 e. The molecular formula is C15H21N3O2S. The first-order valence-corrected chi connectivity index (χ1v) is 8.24. The van der Waals surface area contributed by atoms with Crippen LogP contribution in [0.5, 0.6) is 0 Å². The summed E-state index contributed by atoms with van der Waals surface area (Å²) in [7, 11) is -1.67. The molecule has 0 saturated heterocycles. The highest BCUT2D eigenvalue weighted by Crippen LogP contribution is 2.20. The van der Waals surface area contributed by atoms with Crippen LogP contribution in [0.15, 0.2) is 29.2 Å². The fraction of sp³-hybridized carbons (Fsp3) is 0.333. The van der Waals surface area contributed by atoms with E-state index >= 15 is 0 Å². The van der Waals surface area contributed by atoms with E-state index in [1.807, 2.05) is 13.1 Å². The van der Waals surface area contributed by atoms with E-state index < -0.39 is 10.0 Å². The third kappa shape index (κ3) is 3.28. The van der Waals surface area contributed by atoms with Gasteiger partial charge < -0.3 is 9.88 Å². The summed E-state index contributed by atoms with van der Waals surface area (Å²) in [6.07, 6.45) is 0. The Morgan fingerprint density at radius 2 is 1.86 bits per heavy atom. The molecule has 0 radical (unpaired) electrons. The van der Waals surface area contributed by atoms with Gasteiger partial charge in [0.05, 0.1) is 4.90 Å². The fourth-order valence-corrected chi connectivity index (χ4v) is 3.13. The van der Waals surface area contributed by atoms with Gasteiger partial charge in [0.2, 0.25) is 10.0 Å². The van der Waals surface area contributed by atoms with Crippen molar-refractivity contribution in [1.82, 2.24) is 4.57 Å². The number of nitrogens with zero attached hydrogens (tertiary/aromatic N) is 1. The van der Waals surface area contributed by atoms with Gasteiger partial charge in [-0.2, -0.15) is 0 Å². The van der Waals surface area contributed by atoms with Crippen molar-refractivity contribution in [3.8, 4) is 0 Å². The van der Waals surface area contributed by atoms with Gasteiger partial charge in [0, 0.05) is 30.7 Å². The summed E-state index contributed by atoms with van der Waals surface area (Å²) < 4.78 is 25.2. The SMILES string of the molecule is Cc1ccc(NCc2cc(C)n(C)c2C)cc1S(N)(=O)=O. The number of nitrogens with two attached hydrogens (primary N) is 1. The lowest BCUT2D eigenvalue weighted by molar-refractivity contribution is 0.597. The molecule has 0 fully saturated rings. The molecule has 3 N–H and O–H groups in total. The zero-order valence-corrected chi connectivity index (χ0v) is 13.6. The highest BCUT2D eigenvalue weighted by molar-refractivity contribution is 7.89. The zero-order chi connectivity index (χ0) is 15.8. The van der Waals surface area contributed by atoms with E-state index in [1.54, 1.807) is 19.1 Å². The molecule has 5 nitrogen and oxygen atoms in total. The number of nitrogens with one attached hydrogen (secondary N) is 1. The van der Waals surface area contributed by atoms with E-state index in [1.165, 1.54) is 17.0 Å². The normalized spacial score (nSPS) is 11.7. The molecule has 1 aromatic heterocycles. The number of hydrogen-bond acceptors (Lipinski definition) is 3. The molecule has 0 bridgehead atoms. The second-order valence-corrected chi connectivity index (χ2v) is 6.86. The summed E-state index contributed by atoms with van der Waals surface area (Å²) in [5.41, 5.74) is 4.96. The predicted octanol–water partition coefficient (Wildman–Crippen LogP) is 2.21. The van der Waals surface area contributed by atoms with Crippen LogP contribution >= 0.6 is 0 Å². The van der Waals surface area contributed by atoms with Crippen LogP contribution in [0.4, 0.5) is 5.69 Å². The molecule has 0 aliphatic rings. The second-order valence-electron chi connectivity index (χ2n) is 5.33. The van der Waals surface area contributed by atoms with Gasteiger partial charge in [-0.25, -0.2) is 13.6 Å². The zero-order valence-electron chi connectivity index (χ0n) is 12.8. The van der Waals surface area contributed by atoms with Crippen molar-refractivity contribution in [3.05, 3.63) is 46.8 Å². The quantitative estimate of drug-likeness (QED) is 0.909. The Hall–Kier alpha value is -1.79. The van der Waals surface area contributed by atoms with Crippen molar-refractivity contribution in [3.63, 3.8) is 0 Å². The molecule has 2 aromatic rings. The van der Waals surface area contributed by atoms with Gasteiger partial charge in [-0.05, 0) is 50.1 Å². The molecule has 114 valence electrons. The molecule has 1 heterocycles. The number of primary sulfonamides is 1. The highest BCUT2D eigenvalue weighted by Gasteiger charge is 2.12. The number of rotatable bonds is 4. The molecular weight excluding hydrogens is 286 g/mol. The Balaban J connectivity index is 2.23. The van der Waals surface area contributed by atoms with Crippen LogP contribution < -0.4 is 10.5 Å². The van der Waals surface area contributed by atoms with Gasteiger partial charge >= 0.3 is 0 Å². The number of anilines is 1. The van der Waals surface area contributed by atoms with Crippen LogP contribution in [0.25, 0.3) is 0 Å². The standard InChI is InChI=1S/C15H21N3O2S/c1-10-5-6-14(8-15(10)21(16,19)20)17-9-13-7-11(2)18(4)12(13)3/h5-8,17H,9H2,1-4H3,(H2,16,19,20). The maximum absolute atomic E-state index is 11.5. The number of aryl methyl sites for hydroxylation is 2. The third-order valence-corrected chi connectivity index (χ3v) is 4.91. The van der Waals surface area contributed by atoms with Gasteiger partial charge in [-0.3, -0.25) is 0 Å². The summed E-state index contributed by atoms with van der Waals surface area (Å²) in [6.45, 7) is 6.49. The van der Waals surface area contributed by atoms with Crippen LogP contribution in [0.3, 0.4) is 0 Å². The lowest BCUT2D eigenvalue weighted by atomic mass is 10.2. The molecule has 6 heteroatoms. The monoisotopic (exact) mass is 307 g/mol. The average Bonchev–Trinajstić information content (AvgIpc) is 2.64. The predicted molar refractivity (Wildman–Crippen MR) is 84.8 cm³/mol. The highest BCUT2D eigenvalue weighted by atomic mass is 32.2. The molecule has 0 aliphatic carbocycles. The van der Waals surface area contributed by atoms with Crippen molar-refractivity contribution in [2.24, 2.45) is 12.2 Å². The molecule has 0 atom stereocenters. The molecule has 0 aliphatic heterocycles.